The molecular formula is C10H12N6O2. The van der Waals surface area contributed by atoms with E-state index in [1.54, 1.807) is 6.07 Å². The quantitative estimate of drug-likeness (QED) is 0.745. The van der Waals surface area contributed by atoms with Crippen molar-refractivity contribution in [3.8, 4) is 5.82 Å². The monoisotopic (exact) mass is 248 g/mol. The normalized spacial score (nSPS) is 10.3. The standard InChI is InChI=1S/C10H12N6O2/c1-8(17)12-4-5-15-10(18)3-2-9(14-15)16-7-11-6-13-16/h2-3,6-7H,4-5H2,1H3,(H,12,17). The molecule has 0 aromatic carbocycles. The predicted molar refractivity (Wildman–Crippen MR) is 62.1 cm³/mol. The highest BCUT2D eigenvalue weighted by Gasteiger charge is 2.03. The largest absolute Gasteiger partial charge is 0.354 e. The van der Waals surface area contributed by atoms with Crippen LogP contribution in [0.15, 0.2) is 29.6 Å². The summed E-state index contributed by atoms with van der Waals surface area (Å²) < 4.78 is 2.72. The van der Waals surface area contributed by atoms with Crippen molar-refractivity contribution < 1.29 is 4.79 Å². The molecule has 2 rings (SSSR count). The summed E-state index contributed by atoms with van der Waals surface area (Å²) in [6, 6.07) is 2.96. The second-order valence-electron chi connectivity index (χ2n) is 3.58. The second kappa shape index (κ2) is 5.21. The molecule has 2 aromatic heterocycles. The third-order valence-corrected chi connectivity index (χ3v) is 2.20. The van der Waals surface area contributed by atoms with E-state index in [2.05, 4.69) is 20.5 Å². The van der Waals surface area contributed by atoms with Gasteiger partial charge in [-0.1, -0.05) is 0 Å². The number of aromatic nitrogens is 5. The van der Waals surface area contributed by atoms with Gasteiger partial charge in [0.1, 0.15) is 12.7 Å². The minimum absolute atomic E-state index is 0.143. The first kappa shape index (κ1) is 12.0. The van der Waals surface area contributed by atoms with Crippen LogP contribution in [0.3, 0.4) is 0 Å². The van der Waals surface area contributed by atoms with Crippen molar-refractivity contribution >= 4 is 5.91 Å². The van der Waals surface area contributed by atoms with Gasteiger partial charge in [0.2, 0.25) is 5.91 Å². The molecule has 0 unspecified atom stereocenters. The minimum atomic E-state index is -0.232. The van der Waals surface area contributed by atoms with Gasteiger partial charge in [-0.05, 0) is 6.07 Å². The van der Waals surface area contributed by atoms with Crippen LogP contribution < -0.4 is 10.9 Å². The van der Waals surface area contributed by atoms with Gasteiger partial charge in [0.25, 0.3) is 5.56 Å². The van der Waals surface area contributed by atoms with Gasteiger partial charge in [-0.15, -0.1) is 5.10 Å². The second-order valence-corrected chi connectivity index (χ2v) is 3.58. The van der Waals surface area contributed by atoms with Gasteiger partial charge in [-0.3, -0.25) is 9.59 Å². The van der Waals surface area contributed by atoms with Crippen LogP contribution in [-0.4, -0.2) is 37.0 Å². The fourth-order valence-electron chi connectivity index (χ4n) is 1.38. The smallest absolute Gasteiger partial charge is 0.266 e. The van der Waals surface area contributed by atoms with E-state index in [9.17, 15) is 9.59 Å². The molecule has 18 heavy (non-hydrogen) atoms. The van der Waals surface area contributed by atoms with Gasteiger partial charge in [-0.25, -0.2) is 14.3 Å². The van der Waals surface area contributed by atoms with Gasteiger partial charge in [-0.2, -0.15) is 5.10 Å². The predicted octanol–water partition coefficient (Wildman–Crippen LogP) is -1.04. The molecule has 0 aliphatic heterocycles. The van der Waals surface area contributed by atoms with Crippen molar-refractivity contribution in [1.82, 2.24) is 29.9 Å². The molecule has 1 amide bonds. The number of nitrogens with one attached hydrogen (secondary N) is 1. The zero-order valence-corrected chi connectivity index (χ0v) is 9.78. The highest BCUT2D eigenvalue weighted by atomic mass is 16.1. The Balaban J connectivity index is 2.17. The molecule has 94 valence electrons. The van der Waals surface area contributed by atoms with Crippen LogP contribution in [-0.2, 0) is 11.3 Å². The Kier molecular flexibility index (Phi) is 3.46. The Hall–Kier alpha value is -2.51. The summed E-state index contributed by atoms with van der Waals surface area (Å²) in [7, 11) is 0. The van der Waals surface area contributed by atoms with E-state index in [1.165, 1.54) is 35.0 Å². The number of carbonyl (C=O) groups is 1. The molecular weight excluding hydrogens is 236 g/mol. The van der Waals surface area contributed by atoms with Crippen LogP contribution in [0.2, 0.25) is 0 Å². The lowest BCUT2D eigenvalue weighted by atomic mass is 10.5. The summed E-state index contributed by atoms with van der Waals surface area (Å²) in [5.41, 5.74) is -0.232. The molecule has 1 N–H and O–H groups in total. The first-order chi connectivity index (χ1) is 8.66. The highest BCUT2D eigenvalue weighted by Crippen LogP contribution is 1.96. The molecule has 2 aromatic rings. The zero-order valence-electron chi connectivity index (χ0n) is 9.78. The fourth-order valence-corrected chi connectivity index (χ4v) is 1.38. The SMILES string of the molecule is CC(=O)NCCn1nc(-n2cncn2)ccc1=O. The maximum absolute atomic E-state index is 11.6. The Morgan fingerprint density at radius 3 is 2.94 bits per heavy atom. The number of hydrogen-bond acceptors (Lipinski definition) is 5. The Morgan fingerprint density at radius 2 is 2.28 bits per heavy atom. The number of nitrogens with zero attached hydrogens (tertiary/aromatic N) is 5. The van der Waals surface area contributed by atoms with E-state index in [0.717, 1.165) is 0 Å². The third-order valence-electron chi connectivity index (χ3n) is 2.20. The number of carbonyl (C=O) groups excluding carboxylic acids is 1. The van der Waals surface area contributed by atoms with Crippen molar-refractivity contribution in [2.45, 2.75) is 13.5 Å². The van der Waals surface area contributed by atoms with Gasteiger partial charge in [0.05, 0.1) is 6.54 Å². The first-order valence-electron chi connectivity index (χ1n) is 5.34. The average molecular weight is 248 g/mol. The molecule has 8 nitrogen and oxygen atoms in total. The average Bonchev–Trinajstić information content (AvgIpc) is 2.84. The maximum atomic E-state index is 11.6. The highest BCUT2D eigenvalue weighted by molar-refractivity contribution is 5.72. The van der Waals surface area contributed by atoms with Crippen molar-refractivity contribution in [1.29, 1.82) is 0 Å². The molecule has 0 spiro atoms. The lowest BCUT2D eigenvalue weighted by Gasteiger charge is -2.06. The van der Waals surface area contributed by atoms with Crippen LogP contribution in [0.1, 0.15) is 6.92 Å². The zero-order chi connectivity index (χ0) is 13.0. The molecule has 0 aliphatic carbocycles. The van der Waals surface area contributed by atoms with E-state index >= 15 is 0 Å². The van der Waals surface area contributed by atoms with Crippen molar-refractivity contribution in [2.24, 2.45) is 0 Å². The topological polar surface area (TPSA) is 94.7 Å². The van der Waals surface area contributed by atoms with Gasteiger partial charge >= 0.3 is 0 Å². The summed E-state index contributed by atoms with van der Waals surface area (Å²) >= 11 is 0. The van der Waals surface area contributed by atoms with Crippen molar-refractivity contribution in [2.75, 3.05) is 6.54 Å². The molecule has 0 aliphatic rings. The molecule has 0 radical (unpaired) electrons. The van der Waals surface area contributed by atoms with Gasteiger partial charge < -0.3 is 5.32 Å². The van der Waals surface area contributed by atoms with Crippen LogP contribution in [0.5, 0.6) is 0 Å². The molecule has 8 heteroatoms. The first-order valence-corrected chi connectivity index (χ1v) is 5.34. The van der Waals surface area contributed by atoms with Crippen LogP contribution in [0.25, 0.3) is 5.82 Å². The number of amides is 1. The van der Waals surface area contributed by atoms with Gasteiger partial charge in [0.15, 0.2) is 5.82 Å². The fraction of sp³-hybridized carbons (Fsp3) is 0.300. The summed E-state index contributed by atoms with van der Waals surface area (Å²) in [6.45, 7) is 2.08. The summed E-state index contributed by atoms with van der Waals surface area (Å²) in [5.74, 6) is 0.352. The molecule has 0 fully saturated rings. The van der Waals surface area contributed by atoms with Crippen molar-refractivity contribution in [3.05, 3.63) is 35.1 Å². The molecule has 0 atom stereocenters. The van der Waals surface area contributed by atoms with Crippen molar-refractivity contribution in [3.63, 3.8) is 0 Å². The molecule has 0 saturated heterocycles. The number of hydrogen-bond donors (Lipinski definition) is 1. The minimum Gasteiger partial charge on any atom is -0.354 e. The van der Waals surface area contributed by atoms with Crippen LogP contribution in [0, 0.1) is 0 Å². The lowest BCUT2D eigenvalue weighted by Crippen LogP contribution is -2.31. The summed E-state index contributed by atoms with van der Waals surface area (Å²) in [4.78, 5) is 26.1. The number of rotatable bonds is 4. The third kappa shape index (κ3) is 2.78. The summed E-state index contributed by atoms with van der Waals surface area (Å²) in [5, 5.41) is 10.7. The van der Waals surface area contributed by atoms with Crippen LogP contribution >= 0.6 is 0 Å². The van der Waals surface area contributed by atoms with E-state index in [0.29, 0.717) is 18.9 Å². The Labute approximate surface area is 102 Å². The Morgan fingerprint density at radius 1 is 1.44 bits per heavy atom. The van der Waals surface area contributed by atoms with Crippen LogP contribution in [0.4, 0.5) is 0 Å². The van der Waals surface area contributed by atoms with E-state index in [1.807, 2.05) is 0 Å². The Bertz CT molecular complexity index is 589. The molecule has 2 heterocycles. The van der Waals surface area contributed by atoms with E-state index in [4.69, 9.17) is 0 Å². The van der Waals surface area contributed by atoms with E-state index < -0.39 is 0 Å². The van der Waals surface area contributed by atoms with Gasteiger partial charge in [0, 0.05) is 19.5 Å². The van der Waals surface area contributed by atoms with E-state index in [-0.39, 0.29) is 11.5 Å². The molecule has 0 bridgehead atoms. The maximum Gasteiger partial charge on any atom is 0.266 e. The lowest BCUT2D eigenvalue weighted by molar-refractivity contribution is -0.118. The molecule has 0 saturated carbocycles. The summed E-state index contributed by atoms with van der Waals surface area (Å²) in [6.07, 6.45) is 2.87.